The third kappa shape index (κ3) is 14.8. The number of ether oxygens (including phenoxy) is 1. The third-order valence-corrected chi connectivity index (χ3v) is 3.19. The number of allylic oxidation sites excluding steroid dienone is 6. The summed E-state index contributed by atoms with van der Waals surface area (Å²) in [7, 11) is 0. The van der Waals surface area contributed by atoms with Gasteiger partial charge in [0.25, 0.3) is 0 Å². The highest BCUT2D eigenvalue weighted by Gasteiger charge is 2.15. The van der Waals surface area contributed by atoms with Crippen molar-refractivity contribution < 1.29 is 19.4 Å². The van der Waals surface area contributed by atoms with Crippen molar-refractivity contribution in [1.82, 2.24) is 0 Å². The van der Waals surface area contributed by atoms with Crippen LogP contribution in [-0.4, -0.2) is 23.1 Å². The fraction of sp³-hybridized carbons (Fsp3) is 0.579. The number of rotatable bonds is 13. The normalized spacial score (nSPS) is 13.1. The second-order valence-electron chi connectivity index (χ2n) is 5.36. The molecular weight excluding hydrogens is 292 g/mol. The Bertz CT molecular complexity index is 408. The van der Waals surface area contributed by atoms with Crippen LogP contribution in [0.2, 0.25) is 0 Å². The number of carboxylic acids is 1. The van der Waals surface area contributed by atoms with Gasteiger partial charge in [0.05, 0.1) is 0 Å². The number of carboxylic acid groups (broad SMARTS) is 1. The smallest absolute Gasteiger partial charge is 0.344 e. The molecule has 1 atom stereocenters. The summed E-state index contributed by atoms with van der Waals surface area (Å²) in [6.07, 6.45) is 19.0. The third-order valence-electron chi connectivity index (χ3n) is 3.19. The highest BCUT2D eigenvalue weighted by molar-refractivity contribution is 5.77. The Kier molecular flexibility index (Phi) is 13.9. The lowest BCUT2D eigenvalue weighted by molar-refractivity contribution is -0.162. The molecule has 0 aromatic heterocycles. The topological polar surface area (TPSA) is 63.6 Å². The molecule has 23 heavy (non-hydrogen) atoms. The summed E-state index contributed by atoms with van der Waals surface area (Å²) >= 11 is 0. The van der Waals surface area contributed by atoms with Gasteiger partial charge in [-0.1, -0.05) is 49.8 Å². The molecule has 0 saturated carbocycles. The fourth-order valence-corrected chi connectivity index (χ4v) is 1.84. The first-order valence-corrected chi connectivity index (χ1v) is 8.45. The summed E-state index contributed by atoms with van der Waals surface area (Å²) in [5.41, 5.74) is 0. The summed E-state index contributed by atoms with van der Waals surface area (Å²) < 4.78 is 4.75. The minimum absolute atomic E-state index is 0.287. The van der Waals surface area contributed by atoms with Crippen molar-refractivity contribution in [2.45, 2.75) is 71.3 Å². The minimum atomic E-state index is -1.11. The number of hydrogen-bond acceptors (Lipinski definition) is 3. The highest BCUT2D eigenvalue weighted by Crippen LogP contribution is 2.06. The van der Waals surface area contributed by atoms with Crippen LogP contribution in [0.1, 0.15) is 65.2 Å². The Balaban J connectivity index is 3.48. The Hall–Kier alpha value is -1.84. The molecule has 0 aromatic carbocycles. The molecule has 0 heterocycles. The van der Waals surface area contributed by atoms with Crippen molar-refractivity contribution in [1.29, 1.82) is 0 Å². The van der Waals surface area contributed by atoms with Gasteiger partial charge in [-0.3, -0.25) is 4.79 Å². The molecule has 130 valence electrons. The molecule has 0 saturated heterocycles. The van der Waals surface area contributed by atoms with E-state index in [2.05, 4.69) is 43.4 Å². The van der Waals surface area contributed by atoms with Gasteiger partial charge in [-0.05, 0) is 45.4 Å². The van der Waals surface area contributed by atoms with E-state index in [1.807, 2.05) is 0 Å². The molecule has 0 bridgehead atoms. The van der Waals surface area contributed by atoms with Crippen LogP contribution in [0.5, 0.6) is 0 Å². The molecule has 0 aliphatic carbocycles. The molecule has 0 aliphatic heterocycles. The van der Waals surface area contributed by atoms with Gasteiger partial charge in [0.2, 0.25) is 0 Å². The van der Waals surface area contributed by atoms with Crippen LogP contribution in [0, 0.1) is 0 Å². The highest BCUT2D eigenvalue weighted by atomic mass is 16.6. The summed E-state index contributed by atoms with van der Waals surface area (Å²) in [6.45, 7) is 3.49. The van der Waals surface area contributed by atoms with Crippen molar-refractivity contribution >= 4 is 11.9 Å². The van der Waals surface area contributed by atoms with Gasteiger partial charge >= 0.3 is 11.9 Å². The lowest BCUT2D eigenvalue weighted by Gasteiger charge is -2.08. The van der Waals surface area contributed by atoms with Crippen molar-refractivity contribution in [2.75, 3.05) is 0 Å². The van der Waals surface area contributed by atoms with E-state index < -0.39 is 18.0 Å². The SMILES string of the molecule is CC/C=C\C/C=C\C/C=C\CCCCCC(=O)OC(C)C(=O)O. The molecule has 1 unspecified atom stereocenters. The molecule has 0 rings (SSSR count). The maximum absolute atomic E-state index is 11.3. The molecule has 0 radical (unpaired) electrons. The van der Waals surface area contributed by atoms with Crippen LogP contribution in [0.25, 0.3) is 0 Å². The predicted octanol–water partition coefficient (Wildman–Crippen LogP) is 4.81. The maximum atomic E-state index is 11.3. The van der Waals surface area contributed by atoms with Gasteiger partial charge in [-0.25, -0.2) is 4.79 Å². The van der Waals surface area contributed by atoms with Gasteiger partial charge in [0.15, 0.2) is 6.10 Å². The number of unbranched alkanes of at least 4 members (excludes halogenated alkanes) is 3. The molecule has 4 nitrogen and oxygen atoms in total. The largest absolute Gasteiger partial charge is 0.479 e. The fourth-order valence-electron chi connectivity index (χ4n) is 1.84. The van der Waals surface area contributed by atoms with E-state index in [0.717, 1.165) is 44.9 Å². The first-order valence-electron chi connectivity index (χ1n) is 8.45. The van der Waals surface area contributed by atoms with Crippen LogP contribution < -0.4 is 0 Å². The average Bonchev–Trinajstić information content (AvgIpc) is 2.51. The minimum Gasteiger partial charge on any atom is -0.479 e. The van der Waals surface area contributed by atoms with Crippen molar-refractivity contribution in [2.24, 2.45) is 0 Å². The lowest BCUT2D eigenvalue weighted by Crippen LogP contribution is -2.23. The van der Waals surface area contributed by atoms with Crippen molar-refractivity contribution in [3.63, 3.8) is 0 Å². The first-order chi connectivity index (χ1) is 11.1. The van der Waals surface area contributed by atoms with E-state index in [1.54, 1.807) is 0 Å². The zero-order chi connectivity index (χ0) is 17.3. The van der Waals surface area contributed by atoms with E-state index in [-0.39, 0.29) is 6.42 Å². The van der Waals surface area contributed by atoms with E-state index in [9.17, 15) is 9.59 Å². The molecule has 0 fully saturated rings. The Morgan fingerprint density at radius 1 is 0.957 bits per heavy atom. The van der Waals surface area contributed by atoms with Gasteiger partial charge in [-0.2, -0.15) is 0 Å². The standard InChI is InChI=1S/C19H30O4/c1-3-4-5-6-7-8-9-10-11-12-13-14-15-16-18(20)23-17(2)19(21)22/h4-5,7-8,10-11,17H,3,6,9,12-16H2,1-2H3,(H,21,22)/b5-4-,8-7-,11-10-. The van der Waals surface area contributed by atoms with Crippen LogP contribution in [0.15, 0.2) is 36.5 Å². The second-order valence-corrected chi connectivity index (χ2v) is 5.36. The van der Waals surface area contributed by atoms with Gasteiger partial charge in [0.1, 0.15) is 0 Å². The molecule has 0 spiro atoms. The molecule has 0 aliphatic rings. The van der Waals surface area contributed by atoms with Crippen LogP contribution in [-0.2, 0) is 14.3 Å². The Morgan fingerprint density at radius 3 is 2.17 bits per heavy atom. The second kappa shape index (κ2) is 15.1. The van der Waals surface area contributed by atoms with Gasteiger partial charge < -0.3 is 9.84 Å². The van der Waals surface area contributed by atoms with Crippen LogP contribution in [0.4, 0.5) is 0 Å². The summed E-state index contributed by atoms with van der Waals surface area (Å²) in [4.78, 5) is 21.9. The quantitative estimate of drug-likeness (QED) is 0.300. The van der Waals surface area contributed by atoms with Gasteiger partial charge in [0, 0.05) is 6.42 Å². The average molecular weight is 322 g/mol. The predicted molar refractivity (Wildman–Crippen MR) is 93.2 cm³/mol. The zero-order valence-corrected chi connectivity index (χ0v) is 14.4. The van der Waals surface area contributed by atoms with Crippen molar-refractivity contribution in [3.8, 4) is 0 Å². The number of aliphatic carboxylic acids is 1. The molecular formula is C19H30O4. The van der Waals surface area contributed by atoms with E-state index >= 15 is 0 Å². The molecule has 4 heteroatoms. The maximum Gasteiger partial charge on any atom is 0.344 e. The number of carbonyl (C=O) groups is 2. The Morgan fingerprint density at radius 2 is 1.57 bits per heavy atom. The summed E-state index contributed by atoms with van der Waals surface area (Å²) in [5, 5.41) is 8.62. The first kappa shape index (κ1) is 21.2. The molecule has 0 aromatic rings. The lowest BCUT2D eigenvalue weighted by atomic mass is 10.1. The van der Waals surface area contributed by atoms with E-state index in [1.165, 1.54) is 6.92 Å². The van der Waals surface area contributed by atoms with E-state index in [0.29, 0.717) is 0 Å². The van der Waals surface area contributed by atoms with Crippen molar-refractivity contribution in [3.05, 3.63) is 36.5 Å². The van der Waals surface area contributed by atoms with E-state index in [4.69, 9.17) is 9.84 Å². The number of hydrogen-bond donors (Lipinski definition) is 1. The van der Waals surface area contributed by atoms with Crippen LogP contribution in [0.3, 0.4) is 0 Å². The Labute approximate surface area is 139 Å². The zero-order valence-electron chi connectivity index (χ0n) is 14.4. The number of carbonyl (C=O) groups excluding carboxylic acids is 1. The van der Waals surface area contributed by atoms with Gasteiger partial charge in [-0.15, -0.1) is 0 Å². The molecule has 1 N–H and O–H groups in total. The molecule has 0 amide bonds. The summed E-state index contributed by atoms with van der Waals surface area (Å²) in [5.74, 6) is -1.54. The summed E-state index contributed by atoms with van der Waals surface area (Å²) in [6, 6.07) is 0. The van der Waals surface area contributed by atoms with Crippen LogP contribution >= 0.6 is 0 Å². The monoisotopic (exact) mass is 322 g/mol. The number of esters is 1.